The summed E-state index contributed by atoms with van der Waals surface area (Å²) >= 11 is 7.68. The number of likely N-dealkylation sites (N-methyl/N-ethyl adjacent to an activating group) is 1. The van der Waals surface area contributed by atoms with Crippen molar-refractivity contribution in [3.05, 3.63) is 62.7 Å². The number of carbonyl (C=O) groups is 1. The molecular weight excluding hydrogens is 459 g/mol. The van der Waals surface area contributed by atoms with Crippen LogP contribution in [0.5, 0.6) is 0 Å². The van der Waals surface area contributed by atoms with Crippen LogP contribution in [0.2, 0.25) is 5.02 Å². The second kappa shape index (κ2) is 10.9. The van der Waals surface area contributed by atoms with Gasteiger partial charge < -0.3 is 4.90 Å². The minimum absolute atomic E-state index is 0. The second-order valence-corrected chi connectivity index (χ2v) is 8.24. The van der Waals surface area contributed by atoms with Gasteiger partial charge in [-0.05, 0) is 37.7 Å². The fourth-order valence-electron chi connectivity index (χ4n) is 3.19. The lowest BCUT2D eigenvalue weighted by molar-refractivity contribution is -0.384. The Bertz CT molecular complexity index is 1090. The van der Waals surface area contributed by atoms with E-state index in [1.165, 1.54) is 29.5 Å². The fraction of sp³-hybridized carbons (Fsp3) is 0.333. The lowest BCUT2D eigenvalue weighted by Gasteiger charge is -2.25. The molecule has 0 bridgehead atoms. The number of para-hydroxylation sites is 1. The van der Waals surface area contributed by atoms with Crippen LogP contribution in [-0.2, 0) is 0 Å². The maximum absolute atomic E-state index is 13.5. The Balaban J connectivity index is 0.00000341. The largest absolute Gasteiger partial charge is 0.302 e. The van der Waals surface area contributed by atoms with Gasteiger partial charge in [-0.15, -0.1) is 12.4 Å². The van der Waals surface area contributed by atoms with Crippen LogP contribution >= 0.6 is 35.3 Å². The van der Waals surface area contributed by atoms with Gasteiger partial charge in [0.15, 0.2) is 5.13 Å². The number of benzene rings is 2. The molecule has 3 aromatic rings. The van der Waals surface area contributed by atoms with E-state index in [0.29, 0.717) is 18.2 Å². The number of hydrogen-bond donors (Lipinski definition) is 0. The van der Waals surface area contributed by atoms with Crippen LogP contribution in [0.1, 0.15) is 29.8 Å². The second-order valence-electron chi connectivity index (χ2n) is 6.82. The van der Waals surface area contributed by atoms with Gasteiger partial charge in [-0.3, -0.25) is 19.8 Å². The SMILES string of the molecule is CCN(CC)CCN(C(=O)c1cc([N+](=O)[O-])ccc1Cl)c1nc2c(C)cccc2s1.Cl. The lowest BCUT2D eigenvalue weighted by Crippen LogP contribution is -2.39. The third-order valence-electron chi connectivity index (χ3n) is 5.01. The fourth-order valence-corrected chi connectivity index (χ4v) is 4.46. The van der Waals surface area contributed by atoms with E-state index in [0.717, 1.165) is 28.9 Å². The number of aryl methyl sites for hydroxylation is 1. The highest BCUT2D eigenvalue weighted by Gasteiger charge is 2.25. The van der Waals surface area contributed by atoms with E-state index in [9.17, 15) is 14.9 Å². The molecule has 0 saturated heterocycles. The molecule has 1 amide bonds. The van der Waals surface area contributed by atoms with Crippen LogP contribution in [0.15, 0.2) is 36.4 Å². The molecule has 0 aliphatic rings. The molecule has 0 aliphatic heterocycles. The number of non-ortho nitro benzene ring substituents is 1. The van der Waals surface area contributed by atoms with E-state index in [4.69, 9.17) is 16.6 Å². The number of halogens is 2. The Kier molecular flexibility index (Phi) is 8.76. The van der Waals surface area contributed by atoms with Gasteiger partial charge in [0.1, 0.15) is 0 Å². The highest BCUT2D eigenvalue weighted by Crippen LogP contribution is 2.32. The number of fused-ring (bicyclic) bond motifs is 1. The van der Waals surface area contributed by atoms with Crippen molar-refractivity contribution in [2.75, 3.05) is 31.1 Å². The molecule has 31 heavy (non-hydrogen) atoms. The number of amides is 1. The molecule has 1 aromatic heterocycles. The number of hydrogen-bond acceptors (Lipinski definition) is 6. The Morgan fingerprint density at radius 2 is 1.90 bits per heavy atom. The maximum Gasteiger partial charge on any atom is 0.270 e. The highest BCUT2D eigenvalue weighted by molar-refractivity contribution is 7.22. The van der Waals surface area contributed by atoms with E-state index >= 15 is 0 Å². The number of nitrogens with zero attached hydrogens (tertiary/aromatic N) is 4. The lowest BCUT2D eigenvalue weighted by atomic mass is 10.1. The summed E-state index contributed by atoms with van der Waals surface area (Å²) in [6.45, 7) is 8.87. The number of rotatable bonds is 8. The van der Waals surface area contributed by atoms with E-state index in [2.05, 4.69) is 18.7 Å². The van der Waals surface area contributed by atoms with E-state index < -0.39 is 10.8 Å². The summed E-state index contributed by atoms with van der Waals surface area (Å²) in [6, 6.07) is 9.81. The molecule has 3 rings (SSSR count). The van der Waals surface area contributed by atoms with Crippen molar-refractivity contribution in [3.63, 3.8) is 0 Å². The molecule has 2 aromatic carbocycles. The summed E-state index contributed by atoms with van der Waals surface area (Å²) < 4.78 is 0.982. The minimum Gasteiger partial charge on any atom is -0.302 e. The van der Waals surface area contributed by atoms with E-state index in [1.807, 2.05) is 25.1 Å². The van der Waals surface area contributed by atoms with Crippen LogP contribution in [0, 0.1) is 17.0 Å². The highest BCUT2D eigenvalue weighted by atomic mass is 35.5. The Morgan fingerprint density at radius 1 is 1.19 bits per heavy atom. The quantitative estimate of drug-likeness (QED) is 0.309. The molecule has 0 saturated carbocycles. The first-order valence-corrected chi connectivity index (χ1v) is 10.9. The number of nitro benzene ring substituents is 1. The molecule has 0 unspecified atom stereocenters. The van der Waals surface area contributed by atoms with Crippen molar-refractivity contribution < 1.29 is 9.72 Å². The predicted molar refractivity (Wildman–Crippen MR) is 129 cm³/mol. The van der Waals surface area contributed by atoms with Crippen molar-refractivity contribution in [3.8, 4) is 0 Å². The van der Waals surface area contributed by atoms with Gasteiger partial charge in [-0.25, -0.2) is 4.98 Å². The number of carbonyl (C=O) groups excluding carboxylic acids is 1. The molecule has 0 fully saturated rings. The molecule has 7 nitrogen and oxygen atoms in total. The van der Waals surface area contributed by atoms with E-state index in [-0.39, 0.29) is 28.7 Å². The zero-order chi connectivity index (χ0) is 21.8. The predicted octanol–water partition coefficient (Wildman–Crippen LogP) is 5.58. The van der Waals surface area contributed by atoms with Gasteiger partial charge in [0, 0.05) is 25.2 Å². The minimum atomic E-state index is -0.533. The van der Waals surface area contributed by atoms with Crippen molar-refractivity contribution in [1.29, 1.82) is 0 Å². The first-order valence-electron chi connectivity index (χ1n) is 9.70. The maximum atomic E-state index is 13.5. The van der Waals surface area contributed by atoms with Crippen LogP contribution in [0.4, 0.5) is 10.8 Å². The van der Waals surface area contributed by atoms with Gasteiger partial charge in [0.2, 0.25) is 0 Å². The molecule has 0 atom stereocenters. The monoisotopic (exact) mass is 482 g/mol. The van der Waals surface area contributed by atoms with Gasteiger partial charge in [0.05, 0.1) is 25.7 Å². The zero-order valence-electron chi connectivity index (χ0n) is 17.5. The van der Waals surface area contributed by atoms with Crippen LogP contribution in [-0.4, -0.2) is 46.9 Å². The standard InChI is InChI=1S/C21H23ClN4O3S.ClH/c1-4-24(5-2)11-12-25(21-23-19-14(3)7-6-8-18(19)30-21)20(27)16-13-15(26(28)29)9-10-17(16)22;/h6-10,13H,4-5,11-12H2,1-3H3;1H. The van der Waals surface area contributed by atoms with Gasteiger partial charge in [-0.2, -0.15) is 0 Å². The Labute approximate surface area is 196 Å². The van der Waals surface area contributed by atoms with E-state index in [1.54, 1.807) is 4.90 Å². The van der Waals surface area contributed by atoms with Crippen molar-refractivity contribution in [1.82, 2.24) is 9.88 Å². The third kappa shape index (κ3) is 5.51. The van der Waals surface area contributed by atoms with Crippen molar-refractivity contribution in [2.24, 2.45) is 0 Å². The number of thiazole rings is 1. The number of nitro groups is 1. The average molecular weight is 483 g/mol. The van der Waals surface area contributed by atoms with Gasteiger partial charge in [0.25, 0.3) is 11.6 Å². The molecule has 1 heterocycles. The normalized spacial score (nSPS) is 10.9. The number of anilines is 1. The Morgan fingerprint density at radius 3 is 2.52 bits per heavy atom. The number of aromatic nitrogens is 1. The first kappa shape index (κ1) is 25.0. The third-order valence-corrected chi connectivity index (χ3v) is 6.38. The topological polar surface area (TPSA) is 79.6 Å². The van der Waals surface area contributed by atoms with Crippen LogP contribution < -0.4 is 4.90 Å². The first-order chi connectivity index (χ1) is 14.3. The molecular formula is C21H24Cl2N4O3S. The summed E-state index contributed by atoms with van der Waals surface area (Å²) in [5, 5.41) is 11.9. The summed E-state index contributed by atoms with van der Waals surface area (Å²) in [5.74, 6) is -0.396. The molecule has 166 valence electrons. The van der Waals surface area contributed by atoms with Gasteiger partial charge in [-0.1, -0.05) is 48.9 Å². The molecule has 0 aliphatic carbocycles. The molecule has 10 heteroatoms. The molecule has 0 N–H and O–H groups in total. The zero-order valence-corrected chi connectivity index (χ0v) is 19.9. The van der Waals surface area contributed by atoms with Crippen molar-refractivity contribution in [2.45, 2.75) is 20.8 Å². The van der Waals surface area contributed by atoms with Crippen molar-refractivity contribution >= 4 is 62.3 Å². The van der Waals surface area contributed by atoms with Crippen LogP contribution in [0.25, 0.3) is 10.2 Å². The summed E-state index contributed by atoms with van der Waals surface area (Å²) in [6.07, 6.45) is 0. The molecule has 0 radical (unpaired) electrons. The Hall–Kier alpha value is -2.26. The summed E-state index contributed by atoms with van der Waals surface area (Å²) in [7, 11) is 0. The van der Waals surface area contributed by atoms with Crippen LogP contribution in [0.3, 0.4) is 0 Å². The summed E-state index contributed by atoms with van der Waals surface area (Å²) in [4.78, 5) is 32.6. The smallest absolute Gasteiger partial charge is 0.270 e. The summed E-state index contributed by atoms with van der Waals surface area (Å²) in [5.41, 5.74) is 1.80. The average Bonchev–Trinajstić information content (AvgIpc) is 3.16. The molecule has 0 spiro atoms. The van der Waals surface area contributed by atoms with Gasteiger partial charge >= 0.3 is 0 Å².